The zero-order valence-corrected chi connectivity index (χ0v) is 18.8. The number of hydrogen-bond acceptors (Lipinski definition) is 5. The van der Waals surface area contributed by atoms with Crippen molar-refractivity contribution in [3.8, 4) is 5.75 Å². The molecule has 0 spiro atoms. The number of rotatable bonds is 7. The zero-order valence-electron chi connectivity index (χ0n) is 18.8. The van der Waals surface area contributed by atoms with Gasteiger partial charge in [-0.2, -0.15) is 0 Å². The number of hydrogen-bond donors (Lipinski definition) is 2. The first-order valence-electron chi connectivity index (χ1n) is 11.2. The van der Waals surface area contributed by atoms with Crippen molar-refractivity contribution >= 4 is 5.97 Å². The molecule has 7 heteroatoms. The van der Waals surface area contributed by atoms with Crippen LogP contribution in [0.4, 0.5) is 4.39 Å². The average molecular weight is 442 g/mol. The Labute approximate surface area is 189 Å². The van der Waals surface area contributed by atoms with Gasteiger partial charge >= 0.3 is 5.97 Å². The minimum absolute atomic E-state index is 0.0180. The molecule has 2 N–H and O–H groups in total. The van der Waals surface area contributed by atoms with E-state index < -0.39 is 12.0 Å². The van der Waals surface area contributed by atoms with Gasteiger partial charge < -0.3 is 15.2 Å². The Morgan fingerprint density at radius 2 is 1.94 bits per heavy atom. The lowest BCUT2D eigenvalue weighted by atomic mass is 9.79. The van der Waals surface area contributed by atoms with Gasteiger partial charge in [0.25, 0.3) is 0 Å². The molecule has 0 saturated carbocycles. The molecule has 2 aliphatic heterocycles. The van der Waals surface area contributed by atoms with Crippen molar-refractivity contribution in [1.82, 2.24) is 15.1 Å². The van der Waals surface area contributed by atoms with E-state index in [9.17, 15) is 9.18 Å². The summed E-state index contributed by atoms with van der Waals surface area (Å²) in [5.74, 6) is -0.755. The minimum atomic E-state index is -0.884. The van der Waals surface area contributed by atoms with Gasteiger partial charge in [0.2, 0.25) is 0 Å². The SMILES string of the molecule is CN(C)C1(c2ccccc2)CCN(Cc2cc(F)cc(O[C@@H]3CN[C@H](C(=O)O)C3)c2)CC1. The third kappa shape index (κ3) is 4.95. The molecule has 0 bridgehead atoms. The fourth-order valence-electron chi connectivity index (χ4n) is 5.04. The predicted octanol–water partition coefficient (Wildman–Crippen LogP) is 3.07. The molecule has 2 saturated heterocycles. The molecule has 2 aromatic carbocycles. The van der Waals surface area contributed by atoms with Crippen molar-refractivity contribution in [3.63, 3.8) is 0 Å². The molecule has 2 aliphatic rings. The number of aliphatic carboxylic acids is 1. The first kappa shape index (κ1) is 22.7. The van der Waals surface area contributed by atoms with Crippen LogP contribution in [0, 0.1) is 5.82 Å². The lowest BCUT2D eigenvalue weighted by Gasteiger charge is -2.46. The number of benzene rings is 2. The van der Waals surface area contributed by atoms with Crippen molar-refractivity contribution in [2.75, 3.05) is 33.7 Å². The lowest BCUT2D eigenvalue weighted by Crippen LogP contribution is -2.50. The van der Waals surface area contributed by atoms with Crippen molar-refractivity contribution in [2.45, 2.75) is 43.5 Å². The summed E-state index contributed by atoms with van der Waals surface area (Å²) in [5, 5.41) is 12.0. The maximum Gasteiger partial charge on any atom is 0.320 e. The molecule has 172 valence electrons. The van der Waals surface area contributed by atoms with Gasteiger partial charge in [0.1, 0.15) is 23.7 Å². The highest BCUT2D eigenvalue weighted by molar-refractivity contribution is 5.73. The summed E-state index contributed by atoms with van der Waals surface area (Å²) in [7, 11) is 4.29. The van der Waals surface area contributed by atoms with E-state index in [0.29, 0.717) is 25.3 Å². The van der Waals surface area contributed by atoms with Gasteiger partial charge in [0.05, 0.1) is 0 Å². The van der Waals surface area contributed by atoms with Crippen molar-refractivity contribution < 1.29 is 19.0 Å². The molecule has 0 unspecified atom stereocenters. The van der Waals surface area contributed by atoms with Gasteiger partial charge in [-0.3, -0.25) is 14.6 Å². The molecule has 0 radical (unpaired) electrons. The molecular weight excluding hydrogens is 409 g/mol. The van der Waals surface area contributed by atoms with Crippen LogP contribution in [-0.2, 0) is 16.9 Å². The summed E-state index contributed by atoms with van der Waals surface area (Å²) in [6.45, 7) is 2.95. The van der Waals surface area contributed by atoms with Gasteiger partial charge in [-0.1, -0.05) is 30.3 Å². The third-order valence-corrected chi connectivity index (χ3v) is 6.88. The molecule has 0 aromatic heterocycles. The molecule has 4 rings (SSSR count). The first-order valence-corrected chi connectivity index (χ1v) is 11.2. The van der Waals surface area contributed by atoms with Gasteiger partial charge in [-0.25, -0.2) is 4.39 Å². The summed E-state index contributed by atoms with van der Waals surface area (Å²) in [6, 6.07) is 14.9. The van der Waals surface area contributed by atoms with E-state index in [1.165, 1.54) is 11.6 Å². The minimum Gasteiger partial charge on any atom is -0.489 e. The molecule has 2 atom stereocenters. The number of nitrogens with one attached hydrogen (secondary N) is 1. The maximum absolute atomic E-state index is 14.3. The Hall–Kier alpha value is -2.48. The average Bonchev–Trinajstić information content (AvgIpc) is 3.23. The van der Waals surface area contributed by atoms with Crippen LogP contribution in [0.3, 0.4) is 0 Å². The number of ether oxygens (including phenoxy) is 1. The van der Waals surface area contributed by atoms with Crippen LogP contribution >= 0.6 is 0 Å². The van der Waals surface area contributed by atoms with E-state index in [4.69, 9.17) is 9.84 Å². The standard InChI is InChI=1S/C25H32FN3O3/c1-28(2)25(19-6-4-3-5-7-19)8-10-29(11-9-25)17-18-12-20(26)14-21(13-18)32-22-15-23(24(30)31)27-16-22/h3-7,12-14,22-23,27H,8-11,15-17H2,1-2H3,(H,30,31)/t22-,23-/m0/s1. The van der Waals surface area contributed by atoms with E-state index in [1.54, 1.807) is 6.07 Å². The number of halogens is 1. The summed E-state index contributed by atoms with van der Waals surface area (Å²) in [5.41, 5.74) is 2.23. The van der Waals surface area contributed by atoms with Gasteiger partial charge in [-0.15, -0.1) is 0 Å². The Bertz CT molecular complexity index is 929. The summed E-state index contributed by atoms with van der Waals surface area (Å²) in [4.78, 5) is 15.8. The highest BCUT2D eigenvalue weighted by Gasteiger charge is 2.38. The van der Waals surface area contributed by atoms with Crippen LogP contribution in [0.5, 0.6) is 5.75 Å². The molecule has 2 fully saturated rings. The fourth-order valence-corrected chi connectivity index (χ4v) is 5.04. The monoisotopic (exact) mass is 441 g/mol. The quantitative estimate of drug-likeness (QED) is 0.689. The molecule has 2 aromatic rings. The van der Waals surface area contributed by atoms with Gasteiger partial charge in [0.15, 0.2) is 0 Å². The van der Waals surface area contributed by atoms with E-state index in [-0.39, 0.29) is 17.5 Å². The number of piperidine rings is 1. The first-order chi connectivity index (χ1) is 15.4. The molecule has 0 aliphatic carbocycles. The second-order valence-corrected chi connectivity index (χ2v) is 9.14. The third-order valence-electron chi connectivity index (χ3n) is 6.88. The second kappa shape index (κ2) is 9.57. The van der Waals surface area contributed by atoms with Gasteiger partial charge in [-0.05, 0) is 50.2 Å². The number of nitrogens with zero attached hydrogens (tertiary/aromatic N) is 2. The highest BCUT2D eigenvalue weighted by Crippen LogP contribution is 2.37. The Kier molecular flexibility index (Phi) is 6.79. The van der Waals surface area contributed by atoms with Crippen LogP contribution in [0.25, 0.3) is 0 Å². The number of carbonyl (C=O) groups is 1. The Morgan fingerprint density at radius 3 is 2.56 bits per heavy atom. The van der Waals surface area contributed by atoms with Crippen LogP contribution < -0.4 is 10.1 Å². The smallest absolute Gasteiger partial charge is 0.320 e. The second-order valence-electron chi connectivity index (χ2n) is 9.14. The summed E-state index contributed by atoms with van der Waals surface area (Å²) >= 11 is 0. The number of likely N-dealkylation sites (tertiary alicyclic amines) is 1. The van der Waals surface area contributed by atoms with E-state index in [0.717, 1.165) is 31.5 Å². The van der Waals surface area contributed by atoms with Gasteiger partial charge in [0, 0.05) is 44.2 Å². The molecule has 32 heavy (non-hydrogen) atoms. The molecule has 2 heterocycles. The van der Waals surface area contributed by atoms with Crippen LogP contribution in [0.2, 0.25) is 0 Å². The van der Waals surface area contributed by atoms with Crippen LogP contribution in [-0.4, -0.2) is 66.8 Å². The Morgan fingerprint density at radius 1 is 1.22 bits per heavy atom. The van der Waals surface area contributed by atoms with Crippen LogP contribution in [0.15, 0.2) is 48.5 Å². The van der Waals surface area contributed by atoms with Crippen LogP contribution in [0.1, 0.15) is 30.4 Å². The molecular formula is C25H32FN3O3. The Balaban J connectivity index is 1.39. The predicted molar refractivity (Wildman–Crippen MR) is 121 cm³/mol. The largest absolute Gasteiger partial charge is 0.489 e. The topological polar surface area (TPSA) is 65.0 Å². The molecule has 6 nitrogen and oxygen atoms in total. The van der Waals surface area contributed by atoms with Crippen molar-refractivity contribution in [2.24, 2.45) is 0 Å². The lowest BCUT2D eigenvalue weighted by molar-refractivity contribution is -0.139. The van der Waals surface area contributed by atoms with Crippen molar-refractivity contribution in [3.05, 3.63) is 65.5 Å². The molecule has 0 amide bonds. The van der Waals surface area contributed by atoms with E-state index >= 15 is 0 Å². The fraction of sp³-hybridized carbons (Fsp3) is 0.480. The normalized spacial score (nSPS) is 23.4. The summed E-state index contributed by atoms with van der Waals surface area (Å²) < 4.78 is 20.2. The zero-order chi connectivity index (χ0) is 22.7. The summed E-state index contributed by atoms with van der Waals surface area (Å²) in [6.07, 6.45) is 2.12. The highest BCUT2D eigenvalue weighted by atomic mass is 19.1. The van der Waals surface area contributed by atoms with E-state index in [1.807, 2.05) is 6.07 Å². The number of carboxylic acid groups (broad SMARTS) is 1. The van der Waals surface area contributed by atoms with E-state index in [2.05, 4.69) is 59.5 Å². The maximum atomic E-state index is 14.3. The number of carboxylic acids is 1. The van der Waals surface area contributed by atoms with Crippen molar-refractivity contribution in [1.29, 1.82) is 0 Å².